The lowest BCUT2D eigenvalue weighted by molar-refractivity contribution is -0.491. The van der Waals surface area contributed by atoms with Gasteiger partial charge in [-0.1, -0.05) is 0 Å². The molecule has 0 saturated heterocycles. The summed E-state index contributed by atoms with van der Waals surface area (Å²) in [6.07, 6.45) is 4.10. The molecule has 0 saturated carbocycles. The fourth-order valence-electron chi connectivity index (χ4n) is 1.05. The molecule has 0 bridgehead atoms. The van der Waals surface area contributed by atoms with E-state index in [9.17, 15) is 10.1 Å². The summed E-state index contributed by atoms with van der Waals surface area (Å²) in [6, 6.07) is 3.66. The monoisotopic (exact) mass is 207 g/mol. The molecule has 0 radical (unpaired) electrons. The SMILES string of the molecule is N#CCCCn1cccnc1=N[N+](=O)[O-]. The Morgan fingerprint density at radius 3 is 3.20 bits per heavy atom. The molecule has 1 aromatic heterocycles. The van der Waals surface area contributed by atoms with Crippen LogP contribution in [0.3, 0.4) is 0 Å². The standard InChI is InChI=1S/C8H9N5O2/c9-4-1-2-6-12-7-3-5-10-8(12)11-13(14)15/h3,5,7H,1-2,6H2. The third-order valence-electron chi connectivity index (χ3n) is 1.66. The van der Waals surface area contributed by atoms with Gasteiger partial charge in [0.2, 0.25) is 0 Å². The topological polar surface area (TPSA) is 97.1 Å². The molecule has 0 amide bonds. The van der Waals surface area contributed by atoms with Crippen molar-refractivity contribution < 1.29 is 5.03 Å². The molecular weight excluding hydrogens is 198 g/mol. The fraction of sp³-hybridized carbons (Fsp3) is 0.375. The number of nitriles is 1. The molecule has 15 heavy (non-hydrogen) atoms. The van der Waals surface area contributed by atoms with E-state index in [0.717, 1.165) is 0 Å². The van der Waals surface area contributed by atoms with E-state index in [1.165, 1.54) is 6.20 Å². The van der Waals surface area contributed by atoms with Crippen molar-refractivity contribution in [2.75, 3.05) is 0 Å². The first-order valence-electron chi connectivity index (χ1n) is 4.31. The van der Waals surface area contributed by atoms with Crippen molar-refractivity contribution in [1.29, 1.82) is 5.26 Å². The molecule has 1 heterocycles. The van der Waals surface area contributed by atoms with E-state index in [2.05, 4.69) is 10.1 Å². The van der Waals surface area contributed by atoms with E-state index in [4.69, 9.17) is 5.26 Å². The normalized spacial score (nSPS) is 11.0. The van der Waals surface area contributed by atoms with Crippen molar-refractivity contribution in [2.24, 2.45) is 5.10 Å². The Bertz CT molecular complexity index is 445. The van der Waals surface area contributed by atoms with Crippen LogP contribution in [0.2, 0.25) is 0 Å². The molecule has 1 rings (SSSR count). The summed E-state index contributed by atoms with van der Waals surface area (Å²) >= 11 is 0. The van der Waals surface area contributed by atoms with E-state index < -0.39 is 5.03 Å². The third kappa shape index (κ3) is 3.56. The number of hydrogen-bond acceptors (Lipinski definition) is 4. The quantitative estimate of drug-likeness (QED) is 0.402. The van der Waals surface area contributed by atoms with Gasteiger partial charge in [0, 0.05) is 25.4 Å². The zero-order valence-electron chi connectivity index (χ0n) is 7.91. The zero-order valence-corrected chi connectivity index (χ0v) is 7.91. The number of nitro groups is 1. The number of rotatable bonds is 4. The molecule has 0 aliphatic carbocycles. The number of unbranched alkanes of at least 4 members (excludes halogenated alkanes) is 1. The highest BCUT2D eigenvalue weighted by Crippen LogP contribution is 1.90. The van der Waals surface area contributed by atoms with Crippen molar-refractivity contribution in [1.82, 2.24) is 9.55 Å². The van der Waals surface area contributed by atoms with E-state index >= 15 is 0 Å². The minimum Gasteiger partial charge on any atom is -0.312 e. The molecule has 0 aliphatic heterocycles. The van der Waals surface area contributed by atoms with Crippen LogP contribution >= 0.6 is 0 Å². The van der Waals surface area contributed by atoms with Gasteiger partial charge in [-0.3, -0.25) is 0 Å². The molecule has 0 atom stereocenters. The van der Waals surface area contributed by atoms with E-state index in [1.807, 2.05) is 6.07 Å². The Balaban J connectivity index is 2.88. The second-order valence-electron chi connectivity index (χ2n) is 2.71. The van der Waals surface area contributed by atoms with Crippen LogP contribution < -0.4 is 5.62 Å². The van der Waals surface area contributed by atoms with Crippen LogP contribution in [0.15, 0.2) is 23.6 Å². The molecule has 0 spiro atoms. The lowest BCUT2D eigenvalue weighted by Gasteiger charge is -2.01. The van der Waals surface area contributed by atoms with Gasteiger partial charge < -0.3 is 4.57 Å². The smallest absolute Gasteiger partial charge is 0.301 e. The average molecular weight is 207 g/mol. The Hall–Kier alpha value is -2.23. The van der Waals surface area contributed by atoms with Gasteiger partial charge in [0.05, 0.1) is 6.07 Å². The van der Waals surface area contributed by atoms with Crippen molar-refractivity contribution >= 4 is 0 Å². The minimum atomic E-state index is -0.789. The molecule has 78 valence electrons. The van der Waals surface area contributed by atoms with E-state index in [0.29, 0.717) is 19.4 Å². The molecule has 0 unspecified atom stereocenters. The highest BCUT2D eigenvalue weighted by molar-refractivity contribution is 4.80. The second kappa shape index (κ2) is 5.49. The van der Waals surface area contributed by atoms with Crippen molar-refractivity contribution in [2.45, 2.75) is 19.4 Å². The number of hydrogen-bond donors (Lipinski definition) is 0. The summed E-state index contributed by atoms with van der Waals surface area (Å²) in [7, 11) is 0. The summed E-state index contributed by atoms with van der Waals surface area (Å²) in [5, 5.41) is 20.9. The third-order valence-corrected chi connectivity index (χ3v) is 1.66. The molecule has 7 nitrogen and oxygen atoms in total. The Morgan fingerprint density at radius 2 is 2.53 bits per heavy atom. The molecule has 0 fully saturated rings. The number of aryl methyl sites for hydroxylation is 1. The number of nitrogens with zero attached hydrogens (tertiary/aromatic N) is 5. The molecule has 0 N–H and O–H groups in total. The van der Waals surface area contributed by atoms with Crippen LogP contribution in [0, 0.1) is 21.4 Å². The maximum atomic E-state index is 10.2. The molecule has 1 aromatic rings. The van der Waals surface area contributed by atoms with Gasteiger partial charge in [-0.05, 0) is 12.5 Å². The Kier molecular flexibility index (Phi) is 3.97. The van der Waals surface area contributed by atoms with Gasteiger partial charge in [0.25, 0.3) is 0 Å². The lowest BCUT2D eigenvalue weighted by Crippen LogP contribution is -2.24. The van der Waals surface area contributed by atoms with Gasteiger partial charge in [0.1, 0.15) is 5.10 Å². The highest BCUT2D eigenvalue weighted by Gasteiger charge is 1.98. The first-order chi connectivity index (χ1) is 7.24. The van der Waals surface area contributed by atoms with Gasteiger partial charge in [-0.25, -0.2) is 15.1 Å². The van der Waals surface area contributed by atoms with Crippen molar-refractivity contribution in [3.63, 3.8) is 0 Å². The maximum Gasteiger partial charge on any atom is 0.301 e. The van der Waals surface area contributed by atoms with Crippen molar-refractivity contribution in [3.05, 3.63) is 34.2 Å². The molecule has 0 aromatic carbocycles. The van der Waals surface area contributed by atoms with Crippen LogP contribution in [-0.4, -0.2) is 14.6 Å². The van der Waals surface area contributed by atoms with Crippen LogP contribution in [0.1, 0.15) is 12.8 Å². The average Bonchev–Trinajstić information content (AvgIpc) is 2.20. The maximum absolute atomic E-state index is 10.2. The minimum absolute atomic E-state index is 0.0421. The van der Waals surface area contributed by atoms with Crippen LogP contribution in [0.4, 0.5) is 0 Å². The summed E-state index contributed by atoms with van der Waals surface area (Å²) in [5.41, 5.74) is 0.0421. The number of aromatic nitrogens is 2. The summed E-state index contributed by atoms with van der Waals surface area (Å²) in [4.78, 5) is 14.0. The van der Waals surface area contributed by atoms with Gasteiger partial charge >= 0.3 is 5.62 Å². The first-order valence-corrected chi connectivity index (χ1v) is 4.31. The Morgan fingerprint density at radius 1 is 1.73 bits per heavy atom. The van der Waals surface area contributed by atoms with Gasteiger partial charge in [-0.2, -0.15) is 5.26 Å². The van der Waals surface area contributed by atoms with Gasteiger partial charge in [0.15, 0.2) is 5.03 Å². The zero-order chi connectivity index (χ0) is 11.1. The summed E-state index contributed by atoms with van der Waals surface area (Å²) < 4.78 is 1.54. The van der Waals surface area contributed by atoms with E-state index in [-0.39, 0.29) is 5.62 Å². The van der Waals surface area contributed by atoms with E-state index in [1.54, 1.807) is 16.8 Å². The predicted octanol–water partition coefficient (Wildman–Crippen LogP) is 0.279. The molecular formula is C8H9N5O2. The fourth-order valence-corrected chi connectivity index (χ4v) is 1.05. The molecule has 0 aliphatic rings. The Labute approximate surface area is 85.5 Å². The van der Waals surface area contributed by atoms with Crippen molar-refractivity contribution in [3.8, 4) is 6.07 Å². The van der Waals surface area contributed by atoms with Crippen LogP contribution in [0.5, 0.6) is 0 Å². The van der Waals surface area contributed by atoms with Crippen LogP contribution in [0.25, 0.3) is 0 Å². The largest absolute Gasteiger partial charge is 0.312 e. The van der Waals surface area contributed by atoms with Crippen LogP contribution in [-0.2, 0) is 6.54 Å². The lowest BCUT2D eigenvalue weighted by atomic mass is 10.3. The molecule has 7 heteroatoms. The predicted molar refractivity (Wildman–Crippen MR) is 49.6 cm³/mol. The highest BCUT2D eigenvalue weighted by atomic mass is 16.7. The summed E-state index contributed by atoms with van der Waals surface area (Å²) in [5.74, 6) is 0. The summed E-state index contributed by atoms with van der Waals surface area (Å²) in [6.45, 7) is 0.494. The second-order valence-corrected chi connectivity index (χ2v) is 2.71. The first kappa shape index (κ1) is 10.8. The van der Waals surface area contributed by atoms with Gasteiger partial charge in [-0.15, -0.1) is 0 Å².